The van der Waals surface area contributed by atoms with Crippen molar-refractivity contribution in [3.8, 4) is 11.5 Å². The summed E-state index contributed by atoms with van der Waals surface area (Å²) in [5.41, 5.74) is 4.67. The molecule has 0 unspecified atom stereocenters. The van der Waals surface area contributed by atoms with Crippen LogP contribution in [0.5, 0.6) is 11.5 Å². The summed E-state index contributed by atoms with van der Waals surface area (Å²) in [4.78, 5) is 26.2. The van der Waals surface area contributed by atoms with Gasteiger partial charge in [0.25, 0.3) is 0 Å². The fraction of sp³-hybridized carbons (Fsp3) is 0.304. The Labute approximate surface area is 172 Å². The summed E-state index contributed by atoms with van der Waals surface area (Å²) >= 11 is 0. The summed E-state index contributed by atoms with van der Waals surface area (Å²) in [6.07, 6.45) is 3.07. The Morgan fingerprint density at radius 3 is 2.28 bits per heavy atom. The van der Waals surface area contributed by atoms with Crippen LogP contribution < -0.4 is 14.8 Å². The molecule has 0 aliphatic heterocycles. The fourth-order valence-electron chi connectivity index (χ4n) is 3.09. The van der Waals surface area contributed by atoms with Crippen LogP contribution in [0.4, 0.5) is 5.69 Å². The van der Waals surface area contributed by atoms with Crippen LogP contribution in [0.25, 0.3) is 6.08 Å². The number of nitrogens with zero attached hydrogens (tertiary/aromatic N) is 1. The third-order valence-corrected chi connectivity index (χ3v) is 4.54. The second-order valence-electron chi connectivity index (χ2n) is 6.96. The minimum Gasteiger partial charge on any atom is -0.497 e. The molecule has 2 rings (SSSR count). The molecular weight excluding hydrogens is 368 g/mol. The molecule has 6 nitrogen and oxygen atoms in total. The lowest BCUT2D eigenvalue weighted by Gasteiger charge is -2.17. The Morgan fingerprint density at radius 2 is 1.69 bits per heavy atom. The van der Waals surface area contributed by atoms with Crippen molar-refractivity contribution in [2.45, 2.75) is 20.8 Å². The zero-order chi connectivity index (χ0) is 21.6. The molecule has 2 aromatic carbocycles. The standard InChI is InChI=1S/C23H28N2O4/c1-15-11-16(2)23(17(3)12-15)24-21(26)14-25(4)22(27)10-8-18-7-9-19(28-5)13-20(18)29-6/h7-13H,14H2,1-6H3,(H,24,26)/b10-8+. The number of nitrogens with one attached hydrogen (secondary N) is 1. The number of likely N-dealkylation sites (N-methyl/N-ethyl adjacent to an activating group) is 1. The van der Waals surface area contributed by atoms with Gasteiger partial charge < -0.3 is 19.7 Å². The van der Waals surface area contributed by atoms with Crippen molar-refractivity contribution in [3.63, 3.8) is 0 Å². The van der Waals surface area contributed by atoms with Crippen LogP contribution >= 0.6 is 0 Å². The third kappa shape index (κ3) is 5.85. The van der Waals surface area contributed by atoms with E-state index >= 15 is 0 Å². The average molecular weight is 396 g/mol. The highest BCUT2D eigenvalue weighted by molar-refractivity contribution is 5.98. The van der Waals surface area contributed by atoms with Crippen molar-refractivity contribution in [2.24, 2.45) is 0 Å². The Morgan fingerprint density at radius 1 is 1.03 bits per heavy atom. The molecule has 0 fully saturated rings. The zero-order valence-electron chi connectivity index (χ0n) is 17.8. The normalized spacial score (nSPS) is 10.7. The van der Waals surface area contributed by atoms with Gasteiger partial charge in [-0.25, -0.2) is 0 Å². The second kappa shape index (κ2) is 9.78. The number of methoxy groups -OCH3 is 2. The van der Waals surface area contributed by atoms with Crippen LogP contribution in [-0.4, -0.2) is 44.5 Å². The first-order valence-electron chi connectivity index (χ1n) is 9.28. The third-order valence-electron chi connectivity index (χ3n) is 4.54. The first-order chi connectivity index (χ1) is 13.7. The van der Waals surface area contributed by atoms with Crippen LogP contribution in [0, 0.1) is 20.8 Å². The number of benzene rings is 2. The molecule has 0 atom stereocenters. The molecule has 0 aromatic heterocycles. The zero-order valence-corrected chi connectivity index (χ0v) is 17.8. The fourth-order valence-corrected chi connectivity index (χ4v) is 3.09. The van der Waals surface area contributed by atoms with Crippen molar-refractivity contribution in [1.82, 2.24) is 4.90 Å². The van der Waals surface area contributed by atoms with E-state index in [0.29, 0.717) is 11.5 Å². The van der Waals surface area contributed by atoms with Gasteiger partial charge in [-0.1, -0.05) is 17.7 Å². The van der Waals surface area contributed by atoms with E-state index in [4.69, 9.17) is 9.47 Å². The second-order valence-corrected chi connectivity index (χ2v) is 6.96. The van der Waals surface area contributed by atoms with Crippen molar-refractivity contribution < 1.29 is 19.1 Å². The quantitative estimate of drug-likeness (QED) is 0.724. The molecule has 6 heteroatoms. The van der Waals surface area contributed by atoms with Crippen molar-refractivity contribution in [1.29, 1.82) is 0 Å². The molecule has 2 aromatic rings. The lowest BCUT2D eigenvalue weighted by Crippen LogP contribution is -2.34. The van der Waals surface area contributed by atoms with Gasteiger partial charge >= 0.3 is 0 Å². The number of hydrogen-bond acceptors (Lipinski definition) is 4. The van der Waals surface area contributed by atoms with E-state index in [1.165, 1.54) is 11.0 Å². The van der Waals surface area contributed by atoms with Gasteiger partial charge in [0.1, 0.15) is 11.5 Å². The Hall–Kier alpha value is -3.28. The number of rotatable bonds is 7. The summed E-state index contributed by atoms with van der Waals surface area (Å²) in [7, 11) is 4.72. The number of anilines is 1. The number of hydrogen-bond donors (Lipinski definition) is 1. The largest absolute Gasteiger partial charge is 0.497 e. The molecule has 29 heavy (non-hydrogen) atoms. The molecule has 0 aliphatic rings. The SMILES string of the molecule is COc1ccc(/C=C/C(=O)N(C)CC(=O)Nc2c(C)cc(C)cc2C)c(OC)c1. The highest BCUT2D eigenvalue weighted by Gasteiger charge is 2.13. The number of aryl methyl sites for hydroxylation is 3. The molecular formula is C23H28N2O4. The maximum absolute atomic E-state index is 12.4. The first kappa shape index (κ1) is 22.0. The lowest BCUT2D eigenvalue weighted by atomic mass is 10.1. The van der Waals surface area contributed by atoms with E-state index in [2.05, 4.69) is 5.32 Å². The summed E-state index contributed by atoms with van der Waals surface area (Å²) < 4.78 is 10.5. The number of amides is 2. The van der Waals surface area contributed by atoms with Crippen LogP contribution in [0.1, 0.15) is 22.3 Å². The van der Waals surface area contributed by atoms with Gasteiger partial charge in [-0.05, 0) is 50.1 Å². The smallest absolute Gasteiger partial charge is 0.246 e. The van der Waals surface area contributed by atoms with Crippen molar-refractivity contribution in [2.75, 3.05) is 33.1 Å². The van der Waals surface area contributed by atoms with Gasteiger partial charge in [0, 0.05) is 30.4 Å². The number of carbonyl (C=O) groups is 2. The molecule has 0 aliphatic carbocycles. The Kier molecular flexibility index (Phi) is 7.42. The monoisotopic (exact) mass is 396 g/mol. The molecule has 0 saturated heterocycles. The summed E-state index contributed by atoms with van der Waals surface area (Å²) in [5.74, 6) is 0.738. The average Bonchev–Trinajstić information content (AvgIpc) is 2.68. The summed E-state index contributed by atoms with van der Waals surface area (Å²) in [5, 5.41) is 2.91. The summed E-state index contributed by atoms with van der Waals surface area (Å²) in [6.45, 7) is 5.88. The summed E-state index contributed by atoms with van der Waals surface area (Å²) in [6, 6.07) is 9.37. The number of ether oxygens (including phenoxy) is 2. The van der Waals surface area contributed by atoms with Crippen LogP contribution in [0.15, 0.2) is 36.4 Å². The predicted molar refractivity (Wildman–Crippen MR) is 115 cm³/mol. The van der Waals surface area contributed by atoms with Crippen molar-refractivity contribution >= 4 is 23.6 Å². The molecule has 0 saturated carbocycles. The van der Waals surface area contributed by atoms with E-state index in [1.54, 1.807) is 45.5 Å². The number of carbonyl (C=O) groups excluding carboxylic acids is 2. The molecule has 0 heterocycles. The Balaban J connectivity index is 2.02. The highest BCUT2D eigenvalue weighted by Crippen LogP contribution is 2.25. The molecule has 0 radical (unpaired) electrons. The van der Waals surface area contributed by atoms with Gasteiger partial charge in [0.05, 0.1) is 20.8 Å². The van der Waals surface area contributed by atoms with Crippen LogP contribution in [0.3, 0.4) is 0 Å². The maximum Gasteiger partial charge on any atom is 0.246 e. The van der Waals surface area contributed by atoms with E-state index in [1.807, 2.05) is 32.9 Å². The van der Waals surface area contributed by atoms with Gasteiger partial charge in [0.2, 0.25) is 11.8 Å². The van der Waals surface area contributed by atoms with Gasteiger partial charge in [-0.3, -0.25) is 9.59 Å². The minimum atomic E-state index is -0.282. The van der Waals surface area contributed by atoms with Gasteiger partial charge in [0.15, 0.2) is 0 Å². The topological polar surface area (TPSA) is 67.9 Å². The minimum absolute atomic E-state index is 0.0460. The van der Waals surface area contributed by atoms with E-state index < -0.39 is 0 Å². The van der Waals surface area contributed by atoms with Gasteiger partial charge in [-0.2, -0.15) is 0 Å². The van der Waals surface area contributed by atoms with Crippen LogP contribution in [-0.2, 0) is 9.59 Å². The molecule has 1 N–H and O–H groups in total. The Bertz CT molecular complexity index is 911. The predicted octanol–water partition coefficient (Wildman–Crippen LogP) is 3.74. The van der Waals surface area contributed by atoms with E-state index in [0.717, 1.165) is 27.9 Å². The lowest BCUT2D eigenvalue weighted by molar-refractivity contribution is -0.129. The molecule has 154 valence electrons. The van der Waals surface area contributed by atoms with E-state index in [-0.39, 0.29) is 18.4 Å². The first-order valence-corrected chi connectivity index (χ1v) is 9.28. The molecule has 2 amide bonds. The van der Waals surface area contributed by atoms with Crippen molar-refractivity contribution in [3.05, 3.63) is 58.7 Å². The van der Waals surface area contributed by atoms with E-state index in [9.17, 15) is 9.59 Å². The maximum atomic E-state index is 12.4. The molecule has 0 bridgehead atoms. The van der Waals surface area contributed by atoms with Crippen LogP contribution in [0.2, 0.25) is 0 Å². The van der Waals surface area contributed by atoms with Gasteiger partial charge in [-0.15, -0.1) is 0 Å². The molecule has 0 spiro atoms. The highest BCUT2D eigenvalue weighted by atomic mass is 16.5.